The first kappa shape index (κ1) is 17.8. The Kier molecular flexibility index (Phi) is 4.09. The molecular weight excluding hydrogens is 335 g/mol. The molecule has 0 heterocycles. The monoisotopic (exact) mass is 360 g/mol. The van der Waals surface area contributed by atoms with Gasteiger partial charge in [0, 0.05) is 10.0 Å². The van der Waals surface area contributed by atoms with E-state index in [9.17, 15) is 0 Å². The number of rotatable bonds is 0. The van der Waals surface area contributed by atoms with Crippen LogP contribution in [0, 0.1) is 6.92 Å². The molecule has 2 heteroatoms. The molecule has 3 rings (SSSR count). The summed E-state index contributed by atoms with van der Waals surface area (Å²) >= 11 is 13.3. The number of hydrogen-bond donors (Lipinski definition) is 0. The summed E-state index contributed by atoms with van der Waals surface area (Å²) in [5.41, 5.74) is 9.02. The van der Waals surface area contributed by atoms with Crippen LogP contribution in [0.2, 0.25) is 10.0 Å². The van der Waals surface area contributed by atoms with E-state index in [0.29, 0.717) is 0 Å². The molecule has 0 amide bonds. The van der Waals surface area contributed by atoms with Gasteiger partial charge < -0.3 is 0 Å². The lowest BCUT2D eigenvalue weighted by Crippen LogP contribution is -2.13. The summed E-state index contributed by atoms with van der Waals surface area (Å²) < 4.78 is 0. The van der Waals surface area contributed by atoms with E-state index in [0.717, 1.165) is 16.5 Å². The van der Waals surface area contributed by atoms with Crippen molar-refractivity contribution in [2.24, 2.45) is 0 Å². The summed E-state index contributed by atoms with van der Waals surface area (Å²) in [5, 5.41) is 1.78. The minimum absolute atomic E-state index is 0.0267. The van der Waals surface area contributed by atoms with E-state index >= 15 is 0 Å². The van der Waals surface area contributed by atoms with Gasteiger partial charge in [-0.25, -0.2) is 0 Å². The van der Waals surface area contributed by atoms with Crippen molar-refractivity contribution in [2.45, 2.75) is 65.7 Å². The van der Waals surface area contributed by atoms with Crippen LogP contribution in [-0.4, -0.2) is 0 Å². The molecule has 1 aliphatic carbocycles. The van der Waals surface area contributed by atoms with E-state index in [1.165, 1.54) is 38.9 Å². The highest BCUT2D eigenvalue weighted by Crippen LogP contribution is 2.47. The second-order valence-corrected chi connectivity index (χ2v) is 9.84. The zero-order chi connectivity index (χ0) is 18.0. The van der Waals surface area contributed by atoms with Gasteiger partial charge in [-0.3, -0.25) is 0 Å². The summed E-state index contributed by atoms with van der Waals surface area (Å²) in [6, 6.07) is 6.75. The molecule has 0 nitrogen and oxygen atoms in total. The van der Waals surface area contributed by atoms with Gasteiger partial charge in [0.15, 0.2) is 0 Å². The zero-order valence-electron chi connectivity index (χ0n) is 15.7. The van der Waals surface area contributed by atoms with Gasteiger partial charge >= 0.3 is 0 Å². The Bertz CT molecular complexity index is 831. The number of halogens is 2. The molecule has 0 unspecified atom stereocenters. The zero-order valence-corrected chi connectivity index (χ0v) is 17.2. The summed E-state index contributed by atoms with van der Waals surface area (Å²) in [5.74, 6) is 0. The van der Waals surface area contributed by atoms with Crippen LogP contribution in [0.3, 0.4) is 0 Å². The molecule has 0 aromatic heterocycles. The molecule has 0 saturated heterocycles. The van der Waals surface area contributed by atoms with Crippen LogP contribution in [0.25, 0.3) is 11.1 Å². The maximum Gasteiger partial charge on any atom is 0.0475 e. The van der Waals surface area contributed by atoms with Gasteiger partial charge in [-0.1, -0.05) is 64.7 Å². The van der Waals surface area contributed by atoms with Crippen molar-refractivity contribution in [1.82, 2.24) is 0 Å². The Balaban J connectivity index is 2.30. The molecule has 0 atom stereocenters. The van der Waals surface area contributed by atoms with E-state index in [1.54, 1.807) is 0 Å². The largest absolute Gasteiger partial charge is 0.0840 e. The molecular formula is C22H26Cl2. The molecule has 0 saturated carbocycles. The van der Waals surface area contributed by atoms with Gasteiger partial charge in [0.05, 0.1) is 0 Å². The van der Waals surface area contributed by atoms with Gasteiger partial charge in [0.25, 0.3) is 0 Å². The lowest BCUT2D eigenvalue weighted by atomic mass is 9.82. The van der Waals surface area contributed by atoms with Crippen molar-refractivity contribution in [1.29, 1.82) is 0 Å². The molecule has 0 aliphatic heterocycles. The molecule has 0 fully saturated rings. The molecule has 2 aromatic rings. The van der Waals surface area contributed by atoms with Gasteiger partial charge in [0.2, 0.25) is 0 Å². The fourth-order valence-corrected chi connectivity index (χ4v) is 4.54. The van der Waals surface area contributed by atoms with Crippen molar-refractivity contribution in [3.8, 4) is 11.1 Å². The molecule has 128 valence electrons. The average Bonchev–Trinajstić information content (AvgIpc) is 2.77. The van der Waals surface area contributed by atoms with Gasteiger partial charge in [-0.15, -0.1) is 0 Å². The fourth-order valence-electron chi connectivity index (χ4n) is 3.62. The Morgan fingerprint density at radius 1 is 0.792 bits per heavy atom. The van der Waals surface area contributed by atoms with Crippen LogP contribution in [0.5, 0.6) is 0 Å². The van der Waals surface area contributed by atoms with Crippen molar-refractivity contribution < 1.29 is 0 Å². The molecule has 0 N–H and O–H groups in total. The first-order valence-corrected chi connectivity index (χ1v) is 9.32. The highest BCUT2D eigenvalue weighted by atomic mass is 35.5. The summed E-state index contributed by atoms with van der Waals surface area (Å²) in [4.78, 5) is 0. The summed E-state index contributed by atoms with van der Waals surface area (Å²) in [6.45, 7) is 15.4. The average molecular weight is 361 g/mol. The highest BCUT2D eigenvalue weighted by molar-refractivity contribution is 6.33. The van der Waals surface area contributed by atoms with E-state index in [4.69, 9.17) is 23.2 Å². The Morgan fingerprint density at radius 3 is 1.88 bits per heavy atom. The molecule has 0 spiro atoms. The molecule has 0 bridgehead atoms. The topological polar surface area (TPSA) is 0 Å². The lowest BCUT2D eigenvalue weighted by Gasteiger charge is -2.24. The minimum atomic E-state index is 0.0267. The maximum atomic E-state index is 6.71. The SMILES string of the molecule is Cc1c(Cl)c(C(C)(C)C)cc2c1Cc1cc(Cl)c(C(C)(C)C)cc1-2. The maximum absolute atomic E-state index is 6.71. The molecule has 24 heavy (non-hydrogen) atoms. The highest BCUT2D eigenvalue weighted by Gasteiger charge is 2.29. The summed E-state index contributed by atoms with van der Waals surface area (Å²) in [7, 11) is 0. The number of benzene rings is 2. The number of hydrogen-bond acceptors (Lipinski definition) is 0. The predicted octanol–water partition coefficient (Wildman–Crippen LogP) is 7.47. The predicted molar refractivity (Wildman–Crippen MR) is 107 cm³/mol. The third-order valence-electron chi connectivity index (χ3n) is 5.10. The second-order valence-electron chi connectivity index (χ2n) is 9.06. The van der Waals surface area contributed by atoms with Crippen LogP contribution >= 0.6 is 23.2 Å². The van der Waals surface area contributed by atoms with Crippen molar-refractivity contribution in [3.05, 3.63) is 56.1 Å². The Hall–Kier alpha value is -0.980. The fraction of sp³-hybridized carbons (Fsp3) is 0.455. The molecule has 1 aliphatic rings. The second kappa shape index (κ2) is 5.51. The van der Waals surface area contributed by atoms with Crippen LogP contribution < -0.4 is 0 Å². The Morgan fingerprint density at radius 2 is 1.33 bits per heavy atom. The minimum Gasteiger partial charge on any atom is -0.0840 e. The van der Waals surface area contributed by atoms with Crippen LogP contribution in [0.4, 0.5) is 0 Å². The molecule has 0 radical (unpaired) electrons. The van der Waals surface area contributed by atoms with E-state index in [2.05, 4.69) is 66.7 Å². The normalized spacial score (nSPS) is 13.9. The van der Waals surface area contributed by atoms with E-state index in [-0.39, 0.29) is 10.8 Å². The van der Waals surface area contributed by atoms with Gasteiger partial charge in [0.1, 0.15) is 0 Å². The first-order valence-electron chi connectivity index (χ1n) is 8.57. The third-order valence-corrected chi connectivity index (χ3v) is 5.90. The lowest BCUT2D eigenvalue weighted by molar-refractivity contribution is 0.589. The van der Waals surface area contributed by atoms with Crippen molar-refractivity contribution in [3.63, 3.8) is 0 Å². The molecule has 2 aromatic carbocycles. The Labute approximate surface area is 156 Å². The van der Waals surface area contributed by atoms with Crippen molar-refractivity contribution >= 4 is 23.2 Å². The van der Waals surface area contributed by atoms with Crippen LogP contribution in [0.15, 0.2) is 18.2 Å². The van der Waals surface area contributed by atoms with Crippen LogP contribution in [0.1, 0.15) is 69.4 Å². The number of fused-ring (bicyclic) bond motifs is 3. The summed E-state index contributed by atoms with van der Waals surface area (Å²) in [6.07, 6.45) is 0.921. The standard InChI is InChI=1S/C22H26Cl2/c1-12-14-8-13-9-19(23)17(21(2,3)4)10-15(13)16(14)11-18(20(12)24)22(5,6)7/h9-11H,8H2,1-7H3. The van der Waals surface area contributed by atoms with Gasteiger partial charge in [-0.2, -0.15) is 0 Å². The van der Waals surface area contributed by atoms with Crippen molar-refractivity contribution in [2.75, 3.05) is 0 Å². The quantitative estimate of drug-likeness (QED) is 0.390. The first-order chi connectivity index (χ1) is 10.9. The van der Waals surface area contributed by atoms with E-state index in [1.807, 2.05) is 0 Å². The van der Waals surface area contributed by atoms with Gasteiger partial charge in [-0.05, 0) is 81.3 Å². The van der Waals surface area contributed by atoms with Crippen LogP contribution in [-0.2, 0) is 17.3 Å². The smallest absolute Gasteiger partial charge is 0.0475 e. The third kappa shape index (κ3) is 2.78. The van der Waals surface area contributed by atoms with E-state index < -0.39 is 0 Å².